The molecule has 1 N–H and O–H groups in total. The predicted octanol–water partition coefficient (Wildman–Crippen LogP) is 5.67. The summed E-state index contributed by atoms with van der Waals surface area (Å²) >= 11 is 1.01. The summed E-state index contributed by atoms with van der Waals surface area (Å²) < 4.78 is 49.8. The quantitative estimate of drug-likeness (QED) is 0.551. The first-order chi connectivity index (χ1) is 13.6. The number of nitrogens with one attached hydrogen (secondary N) is 1. The van der Waals surface area contributed by atoms with Crippen LogP contribution in [0.3, 0.4) is 0 Å². The van der Waals surface area contributed by atoms with E-state index in [0.717, 1.165) is 17.6 Å². The van der Waals surface area contributed by atoms with Gasteiger partial charge in [0.1, 0.15) is 17.3 Å². The molecule has 0 amide bonds. The van der Waals surface area contributed by atoms with Crippen molar-refractivity contribution in [3.63, 3.8) is 0 Å². The van der Waals surface area contributed by atoms with Gasteiger partial charge < -0.3 is 10.1 Å². The van der Waals surface area contributed by atoms with Gasteiger partial charge in [0.15, 0.2) is 5.82 Å². The van der Waals surface area contributed by atoms with E-state index in [1.165, 1.54) is 6.20 Å². The predicted molar refractivity (Wildman–Crippen MR) is 106 cm³/mol. The molecule has 29 heavy (non-hydrogen) atoms. The average Bonchev–Trinajstić information content (AvgIpc) is 3.09. The molecular weight excluding hydrogens is 403 g/mol. The highest BCUT2D eigenvalue weighted by Gasteiger charge is 2.34. The summed E-state index contributed by atoms with van der Waals surface area (Å²) in [5.74, 6) is 0.753. The van der Waals surface area contributed by atoms with Gasteiger partial charge in [-0.15, -0.1) is 0 Å². The van der Waals surface area contributed by atoms with Gasteiger partial charge in [0, 0.05) is 17.7 Å². The highest BCUT2D eigenvalue weighted by molar-refractivity contribution is 7.09. The molecule has 0 bridgehead atoms. The largest absolute Gasteiger partial charge is 0.489 e. The van der Waals surface area contributed by atoms with Gasteiger partial charge in [-0.2, -0.15) is 22.5 Å². The van der Waals surface area contributed by atoms with Crippen molar-refractivity contribution < 1.29 is 17.9 Å². The Morgan fingerprint density at radius 1 is 1.07 bits per heavy atom. The fraction of sp³-hybridized carbons (Fsp3) is 0.368. The van der Waals surface area contributed by atoms with Crippen molar-refractivity contribution >= 4 is 22.5 Å². The fourth-order valence-electron chi connectivity index (χ4n) is 2.58. The Hall–Kier alpha value is -2.75. The molecule has 0 saturated carbocycles. The molecule has 10 heteroatoms. The first-order valence-corrected chi connectivity index (χ1v) is 9.71. The molecule has 6 nitrogen and oxygen atoms in total. The van der Waals surface area contributed by atoms with Crippen LogP contribution in [0.4, 0.5) is 24.1 Å². The minimum atomic E-state index is -4.46. The lowest BCUT2D eigenvalue weighted by atomic mass is 9.99. The van der Waals surface area contributed by atoms with E-state index in [2.05, 4.69) is 24.6 Å². The van der Waals surface area contributed by atoms with Crippen molar-refractivity contribution in [2.24, 2.45) is 0 Å². The molecule has 0 aromatic carbocycles. The van der Waals surface area contributed by atoms with Gasteiger partial charge in [0.2, 0.25) is 5.13 Å². The molecule has 0 fully saturated rings. The molecule has 0 unspecified atom stereocenters. The minimum absolute atomic E-state index is 0.0343. The van der Waals surface area contributed by atoms with Crippen LogP contribution >= 0.6 is 11.5 Å². The third-order valence-corrected chi connectivity index (χ3v) is 4.49. The molecule has 3 aromatic heterocycles. The Balaban J connectivity index is 1.80. The molecule has 3 aromatic rings. The van der Waals surface area contributed by atoms with Crippen LogP contribution in [0.25, 0.3) is 11.5 Å². The number of halogens is 3. The van der Waals surface area contributed by atoms with E-state index < -0.39 is 11.7 Å². The third kappa shape index (κ3) is 5.20. The Morgan fingerprint density at radius 3 is 2.41 bits per heavy atom. The normalized spacial score (nSPS) is 11.9. The summed E-state index contributed by atoms with van der Waals surface area (Å²) in [5, 5.41) is 3.11. The number of hydrogen-bond acceptors (Lipinski definition) is 7. The molecule has 3 heterocycles. The van der Waals surface area contributed by atoms with Crippen LogP contribution in [0.1, 0.15) is 44.7 Å². The van der Waals surface area contributed by atoms with Gasteiger partial charge in [-0.1, -0.05) is 13.8 Å². The van der Waals surface area contributed by atoms with Gasteiger partial charge in [0.05, 0.1) is 17.9 Å². The Kier molecular flexibility index (Phi) is 6.02. The van der Waals surface area contributed by atoms with E-state index in [1.807, 2.05) is 13.8 Å². The number of nitrogens with zero attached hydrogens (tertiary/aromatic N) is 4. The van der Waals surface area contributed by atoms with E-state index in [-0.39, 0.29) is 23.4 Å². The van der Waals surface area contributed by atoms with Crippen molar-refractivity contribution in [2.75, 3.05) is 5.32 Å². The monoisotopic (exact) mass is 423 g/mol. The van der Waals surface area contributed by atoms with Gasteiger partial charge in [-0.05, 0) is 43.5 Å². The molecule has 0 saturated heterocycles. The SMILES string of the molecule is CC(C)Oc1ccc(-c2nsc(Nc3cc(C(F)(F)F)c(C(C)C)cn3)n2)nc1. The van der Waals surface area contributed by atoms with Crippen LogP contribution in [-0.2, 0) is 6.18 Å². The summed E-state index contributed by atoms with van der Waals surface area (Å²) in [6.45, 7) is 7.22. The molecule has 0 aliphatic rings. The number of alkyl halides is 3. The highest BCUT2D eigenvalue weighted by atomic mass is 32.1. The van der Waals surface area contributed by atoms with E-state index in [9.17, 15) is 13.2 Å². The van der Waals surface area contributed by atoms with Crippen molar-refractivity contribution in [3.8, 4) is 17.3 Å². The topological polar surface area (TPSA) is 72.8 Å². The summed E-state index contributed by atoms with van der Waals surface area (Å²) in [5.41, 5.74) is -0.0319. The molecule has 0 radical (unpaired) electrons. The number of ether oxygens (including phenoxy) is 1. The smallest absolute Gasteiger partial charge is 0.416 e. The zero-order chi connectivity index (χ0) is 21.2. The second kappa shape index (κ2) is 8.32. The molecule has 0 aliphatic carbocycles. The number of pyridine rings is 2. The lowest BCUT2D eigenvalue weighted by Gasteiger charge is -2.16. The second-order valence-corrected chi connectivity index (χ2v) is 7.65. The second-order valence-electron chi connectivity index (χ2n) is 6.90. The van der Waals surface area contributed by atoms with E-state index >= 15 is 0 Å². The molecular formula is C19H20F3N5OS. The van der Waals surface area contributed by atoms with Crippen molar-refractivity contribution in [3.05, 3.63) is 41.7 Å². The molecule has 154 valence electrons. The number of aromatic nitrogens is 4. The van der Waals surface area contributed by atoms with Gasteiger partial charge in [0.25, 0.3) is 0 Å². The molecule has 0 aliphatic heterocycles. The van der Waals surface area contributed by atoms with Crippen LogP contribution in [-0.4, -0.2) is 25.4 Å². The highest BCUT2D eigenvalue weighted by Crippen LogP contribution is 2.36. The summed E-state index contributed by atoms with van der Waals surface area (Å²) in [6.07, 6.45) is -1.61. The Labute approximate surface area is 170 Å². The zero-order valence-corrected chi connectivity index (χ0v) is 17.1. The van der Waals surface area contributed by atoms with Crippen LogP contribution in [0.5, 0.6) is 5.75 Å². The standard InChI is InChI=1S/C19H20F3N5OS/c1-10(2)13-9-24-16(7-14(13)19(20,21)22)25-18-26-17(27-29-18)15-6-5-12(8-23-15)28-11(3)4/h5-11H,1-4H3,(H,24,25,26,27). The first kappa shape index (κ1) is 21.0. The van der Waals surface area contributed by atoms with E-state index in [0.29, 0.717) is 22.4 Å². The maximum Gasteiger partial charge on any atom is 0.416 e. The molecule has 3 rings (SSSR count). The van der Waals surface area contributed by atoms with Crippen LogP contribution < -0.4 is 10.1 Å². The van der Waals surface area contributed by atoms with Crippen LogP contribution in [0.15, 0.2) is 30.6 Å². The Morgan fingerprint density at radius 2 is 1.83 bits per heavy atom. The van der Waals surface area contributed by atoms with Gasteiger partial charge in [-0.25, -0.2) is 9.97 Å². The minimum Gasteiger partial charge on any atom is -0.489 e. The number of anilines is 2. The van der Waals surface area contributed by atoms with E-state index in [1.54, 1.807) is 32.2 Å². The summed E-state index contributed by atoms with van der Waals surface area (Å²) in [7, 11) is 0. The molecule has 0 spiro atoms. The number of rotatable bonds is 6. The molecule has 0 atom stereocenters. The lowest BCUT2D eigenvalue weighted by molar-refractivity contribution is -0.138. The van der Waals surface area contributed by atoms with Crippen LogP contribution in [0.2, 0.25) is 0 Å². The maximum absolute atomic E-state index is 13.4. The van der Waals surface area contributed by atoms with Crippen molar-refractivity contribution in [1.29, 1.82) is 0 Å². The van der Waals surface area contributed by atoms with Crippen molar-refractivity contribution in [2.45, 2.75) is 45.9 Å². The third-order valence-electron chi connectivity index (χ3n) is 3.86. The number of hydrogen-bond donors (Lipinski definition) is 1. The average molecular weight is 423 g/mol. The lowest BCUT2D eigenvalue weighted by Crippen LogP contribution is -2.11. The summed E-state index contributed by atoms with van der Waals surface area (Å²) in [6, 6.07) is 4.48. The van der Waals surface area contributed by atoms with Crippen molar-refractivity contribution in [1.82, 2.24) is 19.3 Å². The first-order valence-electron chi connectivity index (χ1n) is 8.94. The Bertz CT molecular complexity index is 971. The fourth-order valence-corrected chi connectivity index (χ4v) is 3.17. The van der Waals surface area contributed by atoms with Crippen LogP contribution in [0, 0.1) is 0 Å². The summed E-state index contributed by atoms with van der Waals surface area (Å²) in [4.78, 5) is 12.6. The van der Waals surface area contributed by atoms with Gasteiger partial charge >= 0.3 is 6.18 Å². The van der Waals surface area contributed by atoms with E-state index in [4.69, 9.17) is 4.74 Å². The maximum atomic E-state index is 13.4. The van der Waals surface area contributed by atoms with Gasteiger partial charge in [-0.3, -0.25) is 0 Å². The zero-order valence-electron chi connectivity index (χ0n) is 16.3.